The molecule has 0 atom stereocenters. The third kappa shape index (κ3) is 2.25. The maximum atomic E-state index is 12.5. The minimum absolute atomic E-state index is 0.0578. The molecule has 1 aliphatic rings. The minimum atomic E-state index is 0.0578. The molecule has 3 nitrogen and oxygen atoms in total. The van der Waals surface area contributed by atoms with E-state index in [9.17, 15) is 4.79 Å². The number of carbonyl (C=O) groups is 1. The fourth-order valence-corrected chi connectivity index (χ4v) is 2.82. The summed E-state index contributed by atoms with van der Waals surface area (Å²) in [6.07, 6.45) is 1.13. The highest BCUT2D eigenvalue weighted by atomic mass is 35.5. The second-order valence-corrected chi connectivity index (χ2v) is 5.32. The lowest BCUT2D eigenvalue weighted by molar-refractivity contribution is -0.117. The van der Waals surface area contributed by atoms with Crippen LogP contribution in [-0.4, -0.2) is 12.5 Å². The lowest BCUT2D eigenvalue weighted by Gasteiger charge is -2.18. The summed E-state index contributed by atoms with van der Waals surface area (Å²) in [6.45, 7) is 0.687. The first-order valence-corrected chi connectivity index (χ1v) is 6.96. The van der Waals surface area contributed by atoms with Gasteiger partial charge in [0.25, 0.3) is 0 Å². The third-order valence-electron chi connectivity index (χ3n) is 3.66. The number of hydrogen-bond donors (Lipinski definition) is 1. The van der Waals surface area contributed by atoms with Gasteiger partial charge < -0.3 is 10.6 Å². The van der Waals surface area contributed by atoms with Crippen molar-refractivity contribution in [2.24, 2.45) is 0 Å². The molecule has 1 heterocycles. The van der Waals surface area contributed by atoms with Crippen LogP contribution < -0.4 is 10.6 Å². The van der Waals surface area contributed by atoms with Gasteiger partial charge >= 0.3 is 0 Å². The van der Waals surface area contributed by atoms with Gasteiger partial charge in [-0.25, -0.2) is 0 Å². The largest absolute Gasteiger partial charge is 0.398 e. The van der Waals surface area contributed by atoms with Crippen LogP contribution in [0.2, 0.25) is 5.02 Å². The summed E-state index contributed by atoms with van der Waals surface area (Å²) in [4.78, 5) is 14.3. The number of nitrogen functional groups attached to an aromatic ring is 1. The lowest BCUT2D eigenvalue weighted by atomic mass is 10.1. The number of fused-ring (bicyclic) bond motifs is 1. The highest BCUT2D eigenvalue weighted by Crippen LogP contribution is 2.32. The molecule has 0 saturated heterocycles. The molecule has 2 N–H and O–H groups in total. The van der Waals surface area contributed by atoms with Gasteiger partial charge in [-0.05, 0) is 30.2 Å². The van der Waals surface area contributed by atoms with Gasteiger partial charge in [0.05, 0.1) is 6.42 Å². The summed E-state index contributed by atoms with van der Waals surface area (Å²) < 4.78 is 0. The Morgan fingerprint density at radius 1 is 1.20 bits per heavy atom. The Morgan fingerprint density at radius 3 is 2.80 bits per heavy atom. The number of rotatable bonds is 2. The molecule has 3 rings (SSSR count). The SMILES string of the molecule is Nc1cccc2c1CCN2C(=O)Cc1ccccc1Cl. The van der Waals surface area contributed by atoms with Gasteiger partial charge in [-0.15, -0.1) is 0 Å². The van der Waals surface area contributed by atoms with Crippen LogP contribution in [0, 0.1) is 0 Å². The van der Waals surface area contributed by atoms with Gasteiger partial charge in [0.2, 0.25) is 5.91 Å². The second-order valence-electron chi connectivity index (χ2n) is 4.91. The third-order valence-corrected chi connectivity index (χ3v) is 4.03. The van der Waals surface area contributed by atoms with Crippen LogP contribution in [0.4, 0.5) is 11.4 Å². The maximum Gasteiger partial charge on any atom is 0.231 e. The van der Waals surface area contributed by atoms with E-state index >= 15 is 0 Å². The Morgan fingerprint density at radius 2 is 2.00 bits per heavy atom. The van der Waals surface area contributed by atoms with Gasteiger partial charge in [-0.3, -0.25) is 4.79 Å². The van der Waals surface area contributed by atoms with E-state index in [-0.39, 0.29) is 5.91 Å². The zero-order valence-electron chi connectivity index (χ0n) is 11.0. The molecular formula is C16H15ClN2O. The van der Waals surface area contributed by atoms with Crippen LogP contribution in [0.1, 0.15) is 11.1 Å². The lowest BCUT2D eigenvalue weighted by Crippen LogP contribution is -2.30. The fourth-order valence-electron chi connectivity index (χ4n) is 2.62. The Balaban J connectivity index is 1.84. The van der Waals surface area contributed by atoms with Crippen LogP contribution in [0.3, 0.4) is 0 Å². The van der Waals surface area contributed by atoms with E-state index in [2.05, 4.69) is 0 Å². The topological polar surface area (TPSA) is 46.3 Å². The average molecular weight is 287 g/mol. The molecule has 0 radical (unpaired) electrons. The first-order chi connectivity index (χ1) is 9.66. The normalized spacial score (nSPS) is 13.3. The number of hydrogen-bond acceptors (Lipinski definition) is 2. The summed E-state index contributed by atoms with van der Waals surface area (Å²) >= 11 is 6.11. The van der Waals surface area contributed by atoms with Crippen LogP contribution in [0.15, 0.2) is 42.5 Å². The van der Waals surface area contributed by atoms with Gasteiger partial charge in [0.15, 0.2) is 0 Å². The Bertz CT molecular complexity index is 669. The van der Waals surface area contributed by atoms with E-state index < -0.39 is 0 Å². The first kappa shape index (κ1) is 13.0. The highest BCUT2D eigenvalue weighted by molar-refractivity contribution is 6.31. The van der Waals surface area contributed by atoms with Crippen molar-refractivity contribution >= 4 is 28.9 Å². The van der Waals surface area contributed by atoms with Crippen molar-refractivity contribution in [1.82, 2.24) is 0 Å². The molecule has 0 fully saturated rings. The fraction of sp³-hybridized carbons (Fsp3) is 0.188. The number of benzene rings is 2. The van der Waals surface area contributed by atoms with Crippen molar-refractivity contribution in [1.29, 1.82) is 0 Å². The molecule has 1 aliphatic heterocycles. The monoisotopic (exact) mass is 286 g/mol. The molecule has 0 aliphatic carbocycles. The van der Waals surface area contributed by atoms with Crippen molar-refractivity contribution < 1.29 is 4.79 Å². The van der Waals surface area contributed by atoms with E-state index in [0.717, 1.165) is 28.9 Å². The molecule has 102 valence electrons. The Labute approximate surface area is 123 Å². The van der Waals surface area contributed by atoms with Gasteiger partial charge in [-0.1, -0.05) is 35.9 Å². The van der Waals surface area contributed by atoms with Crippen molar-refractivity contribution in [3.05, 3.63) is 58.6 Å². The van der Waals surface area contributed by atoms with Gasteiger partial charge in [0, 0.05) is 28.5 Å². The zero-order chi connectivity index (χ0) is 14.1. The van der Waals surface area contributed by atoms with E-state index in [4.69, 9.17) is 17.3 Å². The van der Waals surface area contributed by atoms with Crippen LogP contribution >= 0.6 is 11.6 Å². The molecule has 1 amide bonds. The summed E-state index contributed by atoms with van der Waals surface area (Å²) in [5.41, 5.74) is 9.57. The summed E-state index contributed by atoms with van der Waals surface area (Å²) in [5, 5.41) is 0.632. The van der Waals surface area contributed by atoms with Crippen molar-refractivity contribution in [2.45, 2.75) is 12.8 Å². The first-order valence-electron chi connectivity index (χ1n) is 6.58. The summed E-state index contributed by atoms with van der Waals surface area (Å²) in [7, 11) is 0. The van der Waals surface area contributed by atoms with Crippen molar-refractivity contribution in [2.75, 3.05) is 17.2 Å². The number of amides is 1. The van der Waals surface area contributed by atoms with Gasteiger partial charge in [-0.2, -0.15) is 0 Å². The molecule has 0 unspecified atom stereocenters. The number of halogens is 1. The predicted octanol–water partition coefficient (Wildman–Crippen LogP) is 3.05. The molecule has 4 heteroatoms. The van der Waals surface area contributed by atoms with Gasteiger partial charge in [0.1, 0.15) is 0 Å². The summed E-state index contributed by atoms with van der Waals surface area (Å²) in [6, 6.07) is 13.2. The molecule has 0 aromatic heterocycles. The number of nitrogens with two attached hydrogens (primary N) is 1. The molecule has 20 heavy (non-hydrogen) atoms. The maximum absolute atomic E-state index is 12.5. The highest BCUT2D eigenvalue weighted by Gasteiger charge is 2.26. The smallest absolute Gasteiger partial charge is 0.231 e. The standard InChI is InChI=1S/C16H15ClN2O/c17-13-5-2-1-4-11(13)10-16(20)19-9-8-12-14(18)6-3-7-15(12)19/h1-7H,8-10,18H2. The summed E-state index contributed by atoms with van der Waals surface area (Å²) in [5.74, 6) is 0.0578. The molecule has 2 aromatic carbocycles. The molecule has 0 saturated carbocycles. The molecular weight excluding hydrogens is 272 g/mol. The predicted molar refractivity (Wildman–Crippen MR) is 82.1 cm³/mol. The van der Waals surface area contributed by atoms with Crippen LogP contribution in [0.5, 0.6) is 0 Å². The Kier molecular flexibility index (Phi) is 3.36. The van der Waals surface area contributed by atoms with Crippen molar-refractivity contribution in [3.8, 4) is 0 Å². The molecule has 0 bridgehead atoms. The minimum Gasteiger partial charge on any atom is -0.398 e. The number of carbonyl (C=O) groups excluding carboxylic acids is 1. The molecule has 0 spiro atoms. The van der Waals surface area contributed by atoms with E-state index in [1.807, 2.05) is 36.4 Å². The quantitative estimate of drug-likeness (QED) is 0.863. The van der Waals surface area contributed by atoms with Crippen LogP contribution in [0.25, 0.3) is 0 Å². The van der Waals surface area contributed by atoms with E-state index in [1.165, 1.54) is 0 Å². The zero-order valence-corrected chi connectivity index (χ0v) is 11.7. The number of anilines is 2. The second kappa shape index (κ2) is 5.17. The number of nitrogens with zero attached hydrogens (tertiary/aromatic N) is 1. The van der Waals surface area contributed by atoms with E-state index in [1.54, 1.807) is 11.0 Å². The van der Waals surface area contributed by atoms with Crippen molar-refractivity contribution in [3.63, 3.8) is 0 Å². The van der Waals surface area contributed by atoms with E-state index in [0.29, 0.717) is 18.0 Å². The average Bonchev–Trinajstić information content (AvgIpc) is 2.87. The van der Waals surface area contributed by atoms with Crippen LogP contribution in [-0.2, 0) is 17.6 Å². The molecule has 2 aromatic rings. The Hall–Kier alpha value is -2.00.